The van der Waals surface area contributed by atoms with Crippen molar-refractivity contribution in [1.29, 1.82) is 0 Å². The van der Waals surface area contributed by atoms with Gasteiger partial charge < -0.3 is 5.11 Å². The van der Waals surface area contributed by atoms with Gasteiger partial charge in [-0.1, -0.05) is 30.3 Å². The lowest BCUT2D eigenvalue weighted by Crippen LogP contribution is -2.43. The molecule has 0 bridgehead atoms. The number of halogens is 1. The van der Waals surface area contributed by atoms with Gasteiger partial charge >= 0.3 is 5.97 Å². The van der Waals surface area contributed by atoms with Crippen LogP contribution in [0.25, 0.3) is 0 Å². The summed E-state index contributed by atoms with van der Waals surface area (Å²) in [6, 6.07) is 12.6. The second-order valence-electron chi connectivity index (χ2n) is 7.97. The van der Waals surface area contributed by atoms with Gasteiger partial charge in [0.05, 0.1) is 23.1 Å². The zero-order valence-electron chi connectivity index (χ0n) is 17.2. The largest absolute Gasteiger partial charge is 0.477 e. The molecule has 2 aromatic carbocycles. The molecule has 1 N–H and O–H groups in total. The van der Waals surface area contributed by atoms with E-state index in [1.807, 2.05) is 30.3 Å². The molecule has 2 amide bonds. The van der Waals surface area contributed by atoms with Crippen molar-refractivity contribution in [2.45, 2.75) is 25.7 Å². The third kappa shape index (κ3) is 3.42. The van der Waals surface area contributed by atoms with E-state index < -0.39 is 29.0 Å². The lowest BCUT2D eigenvalue weighted by atomic mass is 9.78. The molecule has 1 aliphatic rings. The predicted octanol–water partition coefficient (Wildman–Crippen LogP) is 4.48. The molecule has 0 saturated carbocycles. The molecule has 3 aromatic rings. The van der Waals surface area contributed by atoms with Crippen molar-refractivity contribution in [2.24, 2.45) is 0 Å². The highest BCUT2D eigenvalue weighted by atomic mass is 32.1. The summed E-state index contributed by atoms with van der Waals surface area (Å²) in [5, 5.41) is 10.8. The van der Waals surface area contributed by atoms with Gasteiger partial charge in [-0.3, -0.25) is 14.4 Å². The molecule has 162 valence electrons. The van der Waals surface area contributed by atoms with Crippen molar-refractivity contribution in [3.63, 3.8) is 0 Å². The van der Waals surface area contributed by atoms with Crippen LogP contribution in [0.15, 0.2) is 53.9 Å². The number of benzene rings is 2. The minimum absolute atomic E-state index is 0.122. The first-order valence-electron chi connectivity index (χ1n) is 9.73. The van der Waals surface area contributed by atoms with Crippen molar-refractivity contribution in [1.82, 2.24) is 0 Å². The third-order valence-electron chi connectivity index (χ3n) is 5.58. The number of ketones is 1. The number of carboxylic acids is 1. The van der Waals surface area contributed by atoms with Gasteiger partial charge in [-0.2, -0.15) is 0 Å². The minimum atomic E-state index is -1.30. The van der Waals surface area contributed by atoms with Crippen LogP contribution >= 0.6 is 11.3 Å². The Hall–Kier alpha value is -3.65. The van der Waals surface area contributed by atoms with Gasteiger partial charge in [-0.15, -0.1) is 11.3 Å². The number of imide groups is 1. The van der Waals surface area contributed by atoms with Crippen LogP contribution in [-0.4, -0.2) is 28.7 Å². The average Bonchev–Trinajstić information content (AvgIpc) is 3.19. The molecule has 1 aromatic heterocycles. The predicted molar refractivity (Wildman–Crippen MR) is 117 cm³/mol. The normalized spacial score (nSPS) is 13.8. The highest BCUT2D eigenvalue weighted by molar-refractivity contribution is 7.12. The van der Waals surface area contributed by atoms with Crippen LogP contribution in [0.5, 0.6) is 0 Å². The maximum Gasteiger partial charge on any atom is 0.346 e. The number of amides is 2. The van der Waals surface area contributed by atoms with Gasteiger partial charge in [0.2, 0.25) is 5.91 Å². The van der Waals surface area contributed by atoms with E-state index in [0.717, 1.165) is 23.0 Å². The highest BCUT2D eigenvalue weighted by Crippen LogP contribution is 2.35. The number of carbonyl (C=O) groups is 4. The monoisotopic (exact) mass is 451 g/mol. The number of fused-ring (bicyclic) bond motifs is 1. The van der Waals surface area contributed by atoms with Gasteiger partial charge in [-0.05, 0) is 48.6 Å². The highest BCUT2D eigenvalue weighted by Gasteiger charge is 2.39. The van der Waals surface area contributed by atoms with E-state index in [1.54, 1.807) is 13.8 Å². The van der Waals surface area contributed by atoms with Crippen molar-refractivity contribution < 1.29 is 28.7 Å². The Morgan fingerprint density at radius 2 is 1.78 bits per heavy atom. The second-order valence-corrected chi connectivity index (χ2v) is 8.85. The Balaban J connectivity index is 1.77. The molecule has 6 nitrogen and oxygen atoms in total. The molecule has 4 rings (SSSR count). The van der Waals surface area contributed by atoms with Crippen molar-refractivity contribution in [2.75, 3.05) is 4.90 Å². The molecule has 0 fully saturated rings. The smallest absolute Gasteiger partial charge is 0.346 e. The standard InChI is InChI=1S/C24H18FNO5S/c1-24(2,15-6-4-3-5-7-15)21(28)13-8-9-16(25)17(10-13)26-18(27)11-14-12-32-20(23(30)31)19(14)22(26)29/h3-10,12H,11H2,1-2H3,(H,30,31). The van der Waals surface area contributed by atoms with Crippen molar-refractivity contribution >= 4 is 40.6 Å². The first-order chi connectivity index (χ1) is 15.1. The Bertz CT molecular complexity index is 1280. The summed E-state index contributed by atoms with van der Waals surface area (Å²) in [7, 11) is 0. The number of anilines is 1. The SMILES string of the molecule is CC(C)(C(=O)c1ccc(F)c(N2C(=O)Cc3csc(C(=O)O)c3C2=O)c1)c1ccccc1. The van der Waals surface area contributed by atoms with Gasteiger partial charge in [0.1, 0.15) is 10.7 Å². The molecule has 0 saturated heterocycles. The molecule has 8 heteroatoms. The number of thiophene rings is 1. The number of carbonyl (C=O) groups excluding carboxylic acids is 3. The second kappa shape index (κ2) is 7.80. The number of aromatic carboxylic acids is 1. The molecule has 1 aliphatic heterocycles. The van der Waals surface area contributed by atoms with Crippen LogP contribution in [0.3, 0.4) is 0 Å². The molecule has 0 aliphatic carbocycles. The first-order valence-corrected chi connectivity index (χ1v) is 10.6. The fourth-order valence-electron chi connectivity index (χ4n) is 3.80. The number of rotatable bonds is 5. The fraction of sp³-hybridized carbons (Fsp3) is 0.167. The molecule has 32 heavy (non-hydrogen) atoms. The number of hydrogen-bond donors (Lipinski definition) is 1. The molecule has 0 spiro atoms. The van der Waals surface area contributed by atoms with E-state index in [1.165, 1.54) is 17.5 Å². The Morgan fingerprint density at radius 3 is 2.44 bits per heavy atom. The molecular formula is C24H18FNO5S. The van der Waals surface area contributed by atoms with Crippen LogP contribution < -0.4 is 4.90 Å². The van der Waals surface area contributed by atoms with Gasteiger partial charge in [0, 0.05) is 5.56 Å². The van der Waals surface area contributed by atoms with Crippen LogP contribution in [0.1, 0.15) is 55.4 Å². The average molecular weight is 451 g/mol. The van der Waals surface area contributed by atoms with Gasteiger partial charge in [0.15, 0.2) is 5.78 Å². The van der Waals surface area contributed by atoms with E-state index in [0.29, 0.717) is 10.5 Å². The fourth-order valence-corrected chi connectivity index (χ4v) is 4.70. The van der Waals surface area contributed by atoms with Crippen LogP contribution in [-0.2, 0) is 16.6 Å². The number of nitrogens with zero attached hydrogens (tertiary/aromatic N) is 1. The maximum atomic E-state index is 14.8. The van der Waals surface area contributed by atoms with Crippen LogP contribution in [0, 0.1) is 5.82 Å². The summed E-state index contributed by atoms with van der Waals surface area (Å²) >= 11 is 0.843. The molecular weight excluding hydrogens is 433 g/mol. The molecule has 0 unspecified atom stereocenters. The van der Waals surface area contributed by atoms with E-state index in [-0.39, 0.29) is 33.9 Å². The van der Waals surface area contributed by atoms with E-state index in [4.69, 9.17) is 0 Å². The van der Waals surface area contributed by atoms with Gasteiger partial charge in [0.25, 0.3) is 5.91 Å². The summed E-state index contributed by atoms with van der Waals surface area (Å²) in [4.78, 5) is 51.0. The van der Waals surface area contributed by atoms with Crippen LogP contribution in [0.2, 0.25) is 0 Å². The third-order valence-corrected chi connectivity index (χ3v) is 6.60. The summed E-state index contributed by atoms with van der Waals surface area (Å²) in [6.07, 6.45) is -0.238. The number of Topliss-reactive ketones (excluding diaryl/α,β-unsaturated/α-hetero) is 1. The Morgan fingerprint density at radius 1 is 1.09 bits per heavy atom. The zero-order chi connectivity index (χ0) is 23.2. The quantitative estimate of drug-likeness (QED) is 0.456. The summed E-state index contributed by atoms with van der Waals surface area (Å²) in [5.74, 6) is -4.09. The van der Waals surface area contributed by atoms with E-state index in [2.05, 4.69) is 0 Å². The van der Waals surface area contributed by atoms with E-state index in [9.17, 15) is 28.7 Å². The maximum absolute atomic E-state index is 14.8. The van der Waals surface area contributed by atoms with E-state index >= 15 is 0 Å². The number of hydrogen-bond acceptors (Lipinski definition) is 5. The summed E-state index contributed by atoms with van der Waals surface area (Å²) < 4.78 is 14.8. The van der Waals surface area contributed by atoms with Gasteiger partial charge in [-0.25, -0.2) is 14.1 Å². The van der Waals surface area contributed by atoms with Crippen molar-refractivity contribution in [3.05, 3.63) is 86.9 Å². The molecule has 2 heterocycles. The molecule has 0 atom stereocenters. The zero-order valence-corrected chi connectivity index (χ0v) is 18.0. The summed E-state index contributed by atoms with van der Waals surface area (Å²) in [6.45, 7) is 3.48. The first kappa shape index (κ1) is 21.6. The van der Waals surface area contributed by atoms with Crippen LogP contribution in [0.4, 0.5) is 10.1 Å². The van der Waals surface area contributed by atoms with Crippen molar-refractivity contribution in [3.8, 4) is 0 Å². The Kier molecular flexibility index (Phi) is 5.26. The topological polar surface area (TPSA) is 91.8 Å². The lowest BCUT2D eigenvalue weighted by Gasteiger charge is -2.27. The summed E-state index contributed by atoms with van der Waals surface area (Å²) in [5.41, 5.74) is -0.244. The lowest BCUT2D eigenvalue weighted by molar-refractivity contribution is -0.117. The minimum Gasteiger partial charge on any atom is -0.477 e. The number of carboxylic acid groups (broad SMARTS) is 1. The Labute approximate surface area is 186 Å². The molecule has 0 radical (unpaired) electrons.